The van der Waals surface area contributed by atoms with Crippen LogP contribution >= 0.6 is 11.6 Å². The molecule has 0 radical (unpaired) electrons. The van der Waals surface area contributed by atoms with Gasteiger partial charge in [0.2, 0.25) is 17.7 Å². The zero-order valence-corrected chi connectivity index (χ0v) is 15.3. The summed E-state index contributed by atoms with van der Waals surface area (Å²) in [6.07, 6.45) is 4.99. The van der Waals surface area contributed by atoms with Gasteiger partial charge in [-0.3, -0.25) is 19.3 Å². The number of amides is 3. The van der Waals surface area contributed by atoms with Crippen molar-refractivity contribution in [2.24, 2.45) is 11.8 Å². The number of imide groups is 1. The second-order valence-electron chi connectivity index (χ2n) is 6.51. The van der Waals surface area contributed by atoms with Crippen LogP contribution in [0.5, 0.6) is 5.75 Å². The SMILES string of the molecule is CN(CCOc1ccccc1Cl)C(=O)CN1C(=O)C2CC=CCC2C1=O. The van der Waals surface area contributed by atoms with E-state index in [0.717, 1.165) is 4.90 Å². The number of rotatable bonds is 6. The highest BCUT2D eigenvalue weighted by Gasteiger charge is 2.47. The number of allylic oxidation sites excluding steroid dienone is 2. The van der Waals surface area contributed by atoms with Crippen LogP contribution in [0.1, 0.15) is 12.8 Å². The van der Waals surface area contributed by atoms with E-state index in [2.05, 4.69) is 0 Å². The van der Waals surface area contributed by atoms with Crippen LogP contribution in [0, 0.1) is 11.8 Å². The number of ether oxygens (including phenoxy) is 1. The molecular weight excluding hydrogens is 356 g/mol. The fourth-order valence-corrected chi connectivity index (χ4v) is 3.45. The van der Waals surface area contributed by atoms with Crippen LogP contribution in [0.25, 0.3) is 0 Å². The van der Waals surface area contributed by atoms with Crippen molar-refractivity contribution in [2.75, 3.05) is 26.7 Å². The van der Waals surface area contributed by atoms with Crippen molar-refractivity contribution in [3.8, 4) is 5.75 Å². The highest BCUT2D eigenvalue weighted by Crippen LogP contribution is 2.34. The zero-order valence-electron chi connectivity index (χ0n) is 14.6. The first-order valence-electron chi connectivity index (χ1n) is 8.60. The number of para-hydroxylation sites is 1. The Labute approximate surface area is 157 Å². The van der Waals surface area contributed by atoms with Gasteiger partial charge in [0.1, 0.15) is 18.9 Å². The van der Waals surface area contributed by atoms with Crippen LogP contribution in [0.3, 0.4) is 0 Å². The summed E-state index contributed by atoms with van der Waals surface area (Å²) >= 11 is 6.02. The Morgan fingerprint density at radius 3 is 2.42 bits per heavy atom. The summed E-state index contributed by atoms with van der Waals surface area (Å²) < 4.78 is 5.57. The van der Waals surface area contributed by atoms with E-state index in [9.17, 15) is 14.4 Å². The van der Waals surface area contributed by atoms with Crippen molar-refractivity contribution < 1.29 is 19.1 Å². The van der Waals surface area contributed by atoms with Gasteiger partial charge in [-0.15, -0.1) is 0 Å². The largest absolute Gasteiger partial charge is 0.490 e. The average Bonchev–Trinajstić information content (AvgIpc) is 2.88. The number of nitrogens with zero attached hydrogens (tertiary/aromatic N) is 2. The van der Waals surface area contributed by atoms with E-state index < -0.39 is 0 Å². The molecule has 1 saturated heterocycles. The minimum Gasteiger partial charge on any atom is -0.490 e. The Morgan fingerprint density at radius 1 is 1.19 bits per heavy atom. The summed E-state index contributed by atoms with van der Waals surface area (Å²) in [5.41, 5.74) is 0. The van der Waals surface area contributed by atoms with Crippen LogP contribution in [-0.2, 0) is 14.4 Å². The Balaban J connectivity index is 1.51. The molecule has 6 nitrogen and oxygen atoms in total. The number of fused-ring (bicyclic) bond motifs is 1. The maximum absolute atomic E-state index is 12.4. The lowest BCUT2D eigenvalue weighted by molar-refractivity contribution is -0.146. The Morgan fingerprint density at radius 2 is 1.81 bits per heavy atom. The lowest BCUT2D eigenvalue weighted by Crippen LogP contribution is -2.42. The first-order chi connectivity index (χ1) is 12.5. The number of carbonyl (C=O) groups excluding carboxylic acids is 3. The van der Waals surface area contributed by atoms with Gasteiger partial charge in [-0.2, -0.15) is 0 Å². The number of benzene rings is 1. The van der Waals surface area contributed by atoms with Gasteiger partial charge in [0.25, 0.3) is 0 Å². The molecule has 1 heterocycles. The maximum Gasteiger partial charge on any atom is 0.242 e. The number of hydrogen-bond acceptors (Lipinski definition) is 4. The van der Waals surface area contributed by atoms with Crippen molar-refractivity contribution in [2.45, 2.75) is 12.8 Å². The third-order valence-electron chi connectivity index (χ3n) is 4.84. The Kier molecular flexibility index (Phi) is 5.61. The van der Waals surface area contributed by atoms with E-state index in [1.165, 1.54) is 4.90 Å². The monoisotopic (exact) mass is 376 g/mol. The fourth-order valence-electron chi connectivity index (χ4n) is 3.26. The van der Waals surface area contributed by atoms with Crippen molar-refractivity contribution in [3.63, 3.8) is 0 Å². The topological polar surface area (TPSA) is 66.9 Å². The predicted molar refractivity (Wildman–Crippen MR) is 96.7 cm³/mol. The van der Waals surface area contributed by atoms with E-state index in [4.69, 9.17) is 16.3 Å². The molecule has 138 valence electrons. The molecule has 1 aromatic carbocycles. The van der Waals surface area contributed by atoms with Gasteiger partial charge in [0.05, 0.1) is 23.4 Å². The quantitative estimate of drug-likeness (QED) is 0.563. The second kappa shape index (κ2) is 7.91. The van der Waals surface area contributed by atoms with Gasteiger partial charge in [0, 0.05) is 7.05 Å². The lowest BCUT2D eigenvalue weighted by atomic mass is 9.85. The van der Waals surface area contributed by atoms with E-state index in [1.807, 2.05) is 24.3 Å². The summed E-state index contributed by atoms with van der Waals surface area (Å²) in [4.78, 5) is 39.8. The molecule has 2 unspecified atom stereocenters. The molecular formula is C19H21ClN2O4. The summed E-state index contributed by atoms with van der Waals surface area (Å²) in [5.74, 6) is -0.835. The van der Waals surface area contributed by atoms with E-state index in [1.54, 1.807) is 19.2 Å². The minimum absolute atomic E-state index is 0.215. The molecule has 7 heteroatoms. The van der Waals surface area contributed by atoms with Gasteiger partial charge in [0.15, 0.2) is 0 Å². The smallest absolute Gasteiger partial charge is 0.242 e. The molecule has 1 aliphatic carbocycles. The Hall–Kier alpha value is -2.34. The van der Waals surface area contributed by atoms with Crippen LogP contribution < -0.4 is 4.74 Å². The minimum atomic E-state index is -0.311. The van der Waals surface area contributed by atoms with Crippen LogP contribution in [-0.4, -0.2) is 54.3 Å². The van der Waals surface area contributed by atoms with Crippen molar-refractivity contribution in [1.29, 1.82) is 0 Å². The van der Waals surface area contributed by atoms with E-state index in [-0.39, 0.29) is 42.7 Å². The van der Waals surface area contributed by atoms with Gasteiger partial charge in [-0.1, -0.05) is 35.9 Å². The van der Waals surface area contributed by atoms with Gasteiger partial charge in [-0.05, 0) is 25.0 Å². The molecule has 3 amide bonds. The van der Waals surface area contributed by atoms with Crippen molar-refractivity contribution >= 4 is 29.3 Å². The third-order valence-corrected chi connectivity index (χ3v) is 5.15. The van der Waals surface area contributed by atoms with Crippen LogP contribution in [0.15, 0.2) is 36.4 Å². The first-order valence-corrected chi connectivity index (χ1v) is 8.98. The molecule has 1 fully saturated rings. The normalized spacial score (nSPS) is 21.7. The molecule has 3 rings (SSSR count). The summed E-state index contributed by atoms with van der Waals surface area (Å²) in [5, 5.41) is 0.506. The number of hydrogen-bond donors (Lipinski definition) is 0. The van der Waals surface area contributed by atoms with E-state index >= 15 is 0 Å². The second-order valence-corrected chi connectivity index (χ2v) is 6.92. The molecule has 0 spiro atoms. The summed E-state index contributed by atoms with van der Waals surface area (Å²) in [6.45, 7) is 0.380. The molecule has 1 aromatic rings. The molecule has 1 aliphatic heterocycles. The number of likely N-dealkylation sites (tertiary alicyclic amines) is 1. The summed E-state index contributed by atoms with van der Waals surface area (Å²) in [6, 6.07) is 7.10. The highest BCUT2D eigenvalue weighted by molar-refractivity contribution is 6.32. The Bertz CT molecular complexity index is 723. The highest BCUT2D eigenvalue weighted by atomic mass is 35.5. The summed E-state index contributed by atoms with van der Waals surface area (Å²) in [7, 11) is 1.62. The number of likely N-dealkylation sites (N-methyl/N-ethyl adjacent to an activating group) is 1. The van der Waals surface area contributed by atoms with Gasteiger partial charge in [-0.25, -0.2) is 0 Å². The molecule has 0 N–H and O–H groups in total. The standard InChI is InChI=1S/C19H21ClN2O4/c1-21(10-11-26-16-9-5-4-8-15(16)20)17(23)12-22-18(24)13-6-2-3-7-14(13)19(22)25/h2-5,8-9,13-14H,6-7,10-12H2,1H3. The number of halogens is 1. The lowest BCUT2D eigenvalue weighted by Gasteiger charge is -2.21. The molecule has 26 heavy (non-hydrogen) atoms. The third kappa shape index (κ3) is 3.75. The van der Waals surface area contributed by atoms with Crippen LogP contribution in [0.4, 0.5) is 0 Å². The van der Waals surface area contributed by atoms with Crippen molar-refractivity contribution in [1.82, 2.24) is 9.80 Å². The zero-order chi connectivity index (χ0) is 18.7. The van der Waals surface area contributed by atoms with Gasteiger partial charge >= 0.3 is 0 Å². The first kappa shape index (κ1) is 18.5. The molecule has 0 aromatic heterocycles. The van der Waals surface area contributed by atoms with Gasteiger partial charge < -0.3 is 9.64 Å². The molecule has 2 atom stereocenters. The molecule has 2 aliphatic rings. The van der Waals surface area contributed by atoms with E-state index in [0.29, 0.717) is 30.2 Å². The number of carbonyl (C=O) groups is 3. The maximum atomic E-state index is 12.4. The predicted octanol–water partition coefficient (Wildman–Crippen LogP) is 2.13. The average molecular weight is 377 g/mol. The molecule has 0 bridgehead atoms. The fraction of sp³-hybridized carbons (Fsp3) is 0.421. The van der Waals surface area contributed by atoms with Crippen molar-refractivity contribution in [3.05, 3.63) is 41.4 Å². The molecule has 0 saturated carbocycles. The van der Waals surface area contributed by atoms with Crippen LogP contribution in [0.2, 0.25) is 5.02 Å².